The first-order chi connectivity index (χ1) is 19.9. The van der Waals surface area contributed by atoms with E-state index >= 15 is 0 Å². The summed E-state index contributed by atoms with van der Waals surface area (Å²) in [6.07, 6.45) is 0.803. The summed E-state index contributed by atoms with van der Waals surface area (Å²) in [5.74, 6) is -1.34. The summed E-state index contributed by atoms with van der Waals surface area (Å²) < 4.78 is 34.5. The Hall–Kier alpha value is -3.77. The van der Waals surface area contributed by atoms with Crippen LogP contribution in [0.3, 0.4) is 0 Å². The largest absolute Gasteiger partial charge is 0.378 e. The minimum absolute atomic E-state index is 0.0126. The number of likely N-dealkylation sites (tertiary alicyclic amines) is 1. The van der Waals surface area contributed by atoms with E-state index < -0.39 is 27.9 Å². The zero-order chi connectivity index (χ0) is 28.8. The maximum Gasteiger partial charge on any atom is 0.261 e. The van der Waals surface area contributed by atoms with Crippen LogP contribution < -0.4 is 15.1 Å². The molecule has 41 heavy (non-hydrogen) atoms. The van der Waals surface area contributed by atoms with Gasteiger partial charge >= 0.3 is 0 Å². The molecule has 0 saturated carbocycles. The number of piperidine rings is 1. The first-order valence-corrected chi connectivity index (χ1v) is 15.2. The van der Waals surface area contributed by atoms with E-state index in [1.165, 1.54) is 12.1 Å². The lowest BCUT2D eigenvalue weighted by Gasteiger charge is -2.35. The summed E-state index contributed by atoms with van der Waals surface area (Å²) in [4.78, 5) is 29.3. The number of hydrogen-bond donors (Lipinski definition) is 3. The highest BCUT2D eigenvalue weighted by Gasteiger charge is 2.36. The van der Waals surface area contributed by atoms with E-state index in [1.54, 1.807) is 46.8 Å². The Bertz CT molecular complexity index is 1430. The highest BCUT2D eigenvalue weighted by molar-refractivity contribution is 7.89. The first kappa shape index (κ1) is 28.7. The van der Waals surface area contributed by atoms with E-state index in [9.17, 15) is 23.2 Å². The number of ether oxygens (including phenoxy) is 1. The Morgan fingerprint density at radius 3 is 2.00 bits per heavy atom. The Balaban J connectivity index is 1.24. The highest BCUT2D eigenvalue weighted by Crippen LogP contribution is 2.27. The van der Waals surface area contributed by atoms with Crippen LogP contribution in [-0.2, 0) is 19.6 Å². The third-order valence-corrected chi connectivity index (χ3v) is 9.19. The normalized spacial score (nSPS) is 17.2. The van der Waals surface area contributed by atoms with Gasteiger partial charge in [0.25, 0.3) is 11.8 Å². The quantitative estimate of drug-likeness (QED) is 0.277. The summed E-state index contributed by atoms with van der Waals surface area (Å²) in [6, 6.07) is 22.3. The van der Waals surface area contributed by atoms with Crippen LogP contribution in [0.5, 0.6) is 0 Å². The van der Waals surface area contributed by atoms with Crippen LogP contribution in [0.1, 0.15) is 23.2 Å². The predicted octanol–water partition coefficient (Wildman–Crippen LogP) is 2.89. The molecular formula is C30H34N4O6S. The molecule has 10 nitrogen and oxygen atoms in total. The minimum atomic E-state index is -4.08. The summed E-state index contributed by atoms with van der Waals surface area (Å²) in [5, 5.41) is 9.35. The maximum atomic E-state index is 13.3. The molecule has 3 aromatic rings. The second-order valence-electron chi connectivity index (χ2n) is 10.2. The molecule has 2 heterocycles. The Morgan fingerprint density at radius 1 is 0.829 bits per heavy atom. The van der Waals surface area contributed by atoms with Crippen LogP contribution in [0.25, 0.3) is 11.1 Å². The first-order valence-electron chi connectivity index (χ1n) is 13.7. The van der Waals surface area contributed by atoms with Crippen molar-refractivity contribution < 1.29 is 28.0 Å². The van der Waals surface area contributed by atoms with Gasteiger partial charge in [0, 0.05) is 37.4 Å². The van der Waals surface area contributed by atoms with Gasteiger partial charge in [-0.3, -0.25) is 14.8 Å². The smallest absolute Gasteiger partial charge is 0.261 e. The lowest BCUT2D eigenvalue weighted by Crippen LogP contribution is -2.53. The lowest BCUT2D eigenvalue weighted by atomic mass is 9.89. The highest BCUT2D eigenvalue weighted by atomic mass is 32.2. The van der Waals surface area contributed by atoms with E-state index in [2.05, 4.69) is 9.62 Å². The van der Waals surface area contributed by atoms with E-state index in [0.717, 1.165) is 29.9 Å². The van der Waals surface area contributed by atoms with Crippen molar-refractivity contribution in [2.75, 3.05) is 44.3 Å². The van der Waals surface area contributed by atoms with Gasteiger partial charge in [-0.05, 0) is 66.3 Å². The molecule has 11 heteroatoms. The number of amides is 2. The average molecular weight is 579 g/mol. The number of carbonyl (C=O) groups excluding carboxylic acids is 2. The van der Waals surface area contributed by atoms with Crippen molar-refractivity contribution in [3.8, 4) is 11.1 Å². The monoisotopic (exact) mass is 578 g/mol. The number of morpholine rings is 1. The van der Waals surface area contributed by atoms with E-state index in [1.807, 2.05) is 30.3 Å². The number of anilines is 1. The summed E-state index contributed by atoms with van der Waals surface area (Å²) in [6.45, 7) is 3.85. The molecule has 3 N–H and O–H groups in total. The second kappa shape index (κ2) is 12.8. The third kappa shape index (κ3) is 6.76. The zero-order valence-corrected chi connectivity index (χ0v) is 23.4. The van der Waals surface area contributed by atoms with E-state index in [4.69, 9.17) is 4.74 Å². The fraction of sp³-hybridized carbons (Fsp3) is 0.333. The standard InChI is InChI=1S/C30H34N4O6S/c35-29(31-37)28(24-14-16-34(17-15-24)30(36)25-4-2-1-3-5-25)32-41(38,39)27-12-8-23(9-13-27)22-6-10-26(11-7-22)33-18-20-40-21-19-33/h1-13,24,28,32,37H,14-21H2,(H,31,35)/t28-/m1/s1. The summed E-state index contributed by atoms with van der Waals surface area (Å²) >= 11 is 0. The number of sulfonamides is 1. The molecule has 2 aliphatic heterocycles. The van der Waals surface area contributed by atoms with Gasteiger partial charge in [0.15, 0.2) is 0 Å². The van der Waals surface area contributed by atoms with Crippen LogP contribution >= 0.6 is 0 Å². The number of hydrogen-bond acceptors (Lipinski definition) is 7. The van der Waals surface area contributed by atoms with Crippen molar-refractivity contribution in [3.05, 3.63) is 84.4 Å². The van der Waals surface area contributed by atoms with Crippen LogP contribution in [0, 0.1) is 5.92 Å². The molecule has 3 aromatic carbocycles. The van der Waals surface area contributed by atoms with Crippen LogP contribution in [0.15, 0.2) is 83.8 Å². The molecule has 0 radical (unpaired) electrons. The van der Waals surface area contributed by atoms with Crippen LogP contribution in [0.2, 0.25) is 0 Å². The third-order valence-electron chi connectivity index (χ3n) is 7.74. The van der Waals surface area contributed by atoms with Crippen molar-refractivity contribution in [2.24, 2.45) is 5.92 Å². The Labute approximate surface area is 239 Å². The molecule has 0 spiro atoms. The van der Waals surface area contributed by atoms with Crippen LogP contribution in [0.4, 0.5) is 5.69 Å². The van der Waals surface area contributed by atoms with Crippen molar-refractivity contribution in [1.82, 2.24) is 15.1 Å². The van der Waals surface area contributed by atoms with Gasteiger partial charge in [-0.25, -0.2) is 13.9 Å². The number of carbonyl (C=O) groups is 2. The number of nitrogens with zero attached hydrogens (tertiary/aromatic N) is 2. The van der Waals surface area contributed by atoms with E-state index in [-0.39, 0.29) is 10.8 Å². The fourth-order valence-electron chi connectivity index (χ4n) is 5.38. The molecule has 2 fully saturated rings. The molecule has 0 aromatic heterocycles. The zero-order valence-electron chi connectivity index (χ0n) is 22.6. The molecule has 2 aliphatic rings. The average Bonchev–Trinajstić information content (AvgIpc) is 3.04. The van der Waals surface area contributed by atoms with Crippen molar-refractivity contribution >= 4 is 27.5 Å². The number of benzene rings is 3. The lowest BCUT2D eigenvalue weighted by molar-refractivity contribution is -0.132. The Kier molecular flexibility index (Phi) is 8.99. The number of rotatable bonds is 8. The van der Waals surface area contributed by atoms with Crippen molar-refractivity contribution in [2.45, 2.75) is 23.8 Å². The number of nitrogens with one attached hydrogen (secondary N) is 2. The Morgan fingerprint density at radius 2 is 1.41 bits per heavy atom. The van der Waals surface area contributed by atoms with Gasteiger partial charge in [-0.15, -0.1) is 0 Å². The summed E-state index contributed by atoms with van der Waals surface area (Å²) in [7, 11) is -4.08. The molecule has 5 rings (SSSR count). The SMILES string of the molecule is O=C(NO)[C@H](NS(=O)(=O)c1ccc(-c2ccc(N3CCOCC3)cc2)cc1)C1CCN(C(=O)c2ccccc2)CC1. The molecule has 0 unspecified atom stereocenters. The van der Waals surface area contributed by atoms with Gasteiger partial charge in [-0.2, -0.15) is 4.72 Å². The molecule has 2 amide bonds. The molecule has 2 saturated heterocycles. The predicted molar refractivity (Wildman–Crippen MR) is 154 cm³/mol. The molecule has 0 bridgehead atoms. The van der Waals surface area contributed by atoms with Crippen molar-refractivity contribution in [3.63, 3.8) is 0 Å². The van der Waals surface area contributed by atoms with Gasteiger partial charge in [0.1, 0.15) is 6.04 Å². The topological polar surface area (TPSA) is 128 Å². The maximum absolute atomic E-state index is 13.3. The minimum Gasteiger partial charge on any atom is -0.378 e. The molecule has 216 valence electrons. The van der Waals surface area contributed by atoms with Gasteiger partial charge < -0.3 is 14.5 Å². The molecular weight excluding hydrogens is 544 g/mol. The fourth-order valence-corrected chi connectivity index (χ4v) is 6.64. The van der Waals surface area contributed by atoms with Crippen molar-refractivity contribution in [1.29, 1.82) is 0 Å². The van der Waals surface area contributed by atoms with Crippen LogP contribution in [-0.4, -0.2) is 75.8 Å². The van der Waals surface area contributed by atoms with E-state index in [0.29, 0.717) is 44.7 Å². The van der Waals surface area contributed by atoms with Gasteiger partial charge in [0.05, 0.1) is 18.1 Å². The number of hydroxylamine groups is 1. The van der Waals surface area contributed by atoms with Gasteiger partial charge in [-0.1, -0.05) is 42.5 Å². The molecule has 0 aliphatic carbocycles. The van der Waals surface area contributed by atoms with Gasteiger partial charge in [0.2, 0.25) is 10.0 Å². The second-order valence-corrected chi connectivity index (χ2v) is 12.0. The summed E-state index contributed by atoms with van der Waals surface area (Å²) in [5.41, 5.74) is 5.10. The molecule has 1 atom stereocenters.